The minimum atomic E-state index is 0.260. The van der Waals surface area contributed by atoms with Gasteiger partial charge >= 0.3 is 0 Å². The quantitative estimate of drug-likeness (QED) is 0.509. The molecule has 3 heterocycles. The fourth-order valence-corrected chi connectivity index (χ4v) is 3.41. The number of carbonyl (C=O) groups is 1. The van der Waals surface area contributed by atoms with Crippen LogP contribution in [0.5, 0.6) is 0 Å². The molecule has 0 bridgehead atoms. The summed E-state index contributed by atoms with van der Waals surface area (Å²) < 4.78 is 0. The fraction of sp³-hybridized carbons (Fsp3) is 0.143. The first-order valence-electron chi connectivity index (χ1n) is 9.17. The van der Waals surface area contributed by atoms with Crippen LogP contribution in [-0.2, 0) is 11.2 Å². The average molecular weight is 370 g/mol. The second-order valence-corrected chi connectivity index (χ2v) is 6.83. The Balaban J connectivity index is 1.44. The van der Waals surface area contributed by atoms with Gasteiger partial charge in [-0.25, -0.2) is 9.97 Å². The van der Waals surface area contributed by atoms with Gasteiger partial charge in [-0.1, -0.05) is 12.1 Å². The van der Waals surface area contributed by atoms with Gasteiger partial charge in [-0.05, 0) is 35.9 Å². The second-order valence-electron chi connectivity index (χ2n) is 6.83. The van der Waals surface area contributed by atoms with Crippen LogP contribution in [0.4, 0.5) is 17.2 Å². The molecule has 2 aromatic carbocycles. The molecule has 1 aliphatic heterocycles. The van der Waals surface area contributed by atoms with E-state index < -0.39 is 0 Å². The topological polar surface area (TPSA) is 95.6 Å². The van der Waals surface area contributed by atoms with E-state index in [0.29, 0.717) is 31.0 Å². The van der Waals surface area contributed by atoms with Crippen molar-refractivity contribution in [2.45, 2.75) is 12.8 Å². The lowest BCUT2D eigenvalue weighted by Gasteiger charge is -2.10. The van der Waals surface area contributed by atoms with Crippen molar-refractivity contribution in [1.82, 2.24) is 20.2 Å². The number of nitrogens with one attached hydrogen (secondary N) is 3. The summed E-state index contributed by atoms with van der Waals surface area (Å²) in [7, 11) is 0. The third-order valence-corrected chi connectivity index (χ3v) is 4.84. The molecule has 5 rings (SSSR count). The van der Waals surface area contributed by atoms with Gasteiger partial charge in [0.05, 0.1) is 11.7 Å². The summed E-state index contributed by atoms with van der Waals surface area (Å²) in [5.74, 6) is 1.61. The highest BCUT2D eigenvalue weighted by molar-refractivity contribution is 5.85. The summed E-state index contributed by atoms with van der Waals surface area (Å²) in [6.45, 7) is 0.661. The maximum absolute atomic E-state index is 11.8. The number of aromatic amines is 1. The van der Waals surface area contributed by atoms with Crippen LogP contribution in [0.25, 0.3) is 22.3 Å². The highest BCUT2D eigenvalue weighted by Gasteiger charge is 2.14. The monoisotopic (exact) mass is 370 g/mol. The summed E-state index contributed by atoms with van der Waals surface area (Å²) in [6, 6.07) is 13.8. The molecule has 0 fully saturated rings. The number of H-pyrrole nitrogens is 1. The number of rotatable bonds is 3. The second kappa shape index (κ2) is 6.77. The van der Waals surface area contributed by atoms with E-state index in [4.69, 9.17) is 0 Å². The van der Waals surface area contributed by atoms with Crippen molar-refractivity contribution in [3.05, 3.63) is 60.4 Å². The number of aromatic nitrogens is 4. The molecular weight excluding hydrogens is 352 g/mol. The molecule has 28 heavy (non-hydrogen) atoms. The number of fused-ring (bicyclic) bond motifs is 2. The normalized spacial score (nSPS) is 13.6. The Labute approximate surface area is 161 Å². The van der Waals surface area contributed by atoms with E-state index in [1.807, 2.05) is 42.5 Å². The molecule has 2 aromatic heterocycles. The highest BCUT2D eigenvalue weighted by atomic mass is 16.1. The molecule has 0 saturated carbocycles. The van der Waals surface area contributed by atoms with E-state index in [1.54, 1.807) is 12.4 Å². The van der Waals surface area contributed by atoms with Crippen molar-refractivity contribution in [2.75, 3.05) is 17.2 Å². The number of anilines is 3. The maximum Gasteiger partial charge on any atom is 0.161 e. The van der Waals surface area contributed by atoms with Crippen LogP contribution in [0, 0.1) is 0 Å². The minimum Gasteiger partial charge on any atom is -0.384 e. The van der Waals surface area contributed by atoms with Gasteiger partial charge in [0.1, 0.15) is 11.6 Å². The number of ketones is 1. The van der Waals surface area contributed by atoms with Crippen LogP contribution >= 0.6 is 0 Å². The average Bonchev–Trinajstić information content (AvgIpc) is 3.09. The van der Waals surface area contributed by atoms with E-state index in [1.165, 1.54) is 0 Å². The lowest BCUT2D eigenvalue weighted by atomic mass is 10.0. The van der Waals surface area contributed by atoms with Gasteiger partial charge in [-0.15, -0.1) is 0 Å². The van der Waals surface area contributed by atoms with Gasteiger partial charge in [-0.2, -0.15) is 5.10 Å². The molecule has 3 N–H and O–H groups in total. The van der Waals surface area contributed by atoms with Gasteiger partial charge in [0.2, 0.25) is 0 Å². The van der Waals surface area contributed by atoms with Crippen molar-refractivity contribution in [2.24, 2.45) is 0 Å². The summed E-state index contributed by atoms with van der Waals surface area (Å²) in [5, 5.41) is 14.7. The SMILES string of the molecule is O=C1CCNc2cc(-c3nccc(Nc4ccc5[nH]ncc5c4)n3)ccc2C1. The summed E-state index contributed by atoms with van der Waals surface area (Å²) >= 11 is 0. The summed E-state index contributed by atoms with van der Waals surface area (Å²) in [5.41, 5.74) is 4.84. The standard InChI is InChI=1S/C21H18N6O/c28-17-5-7-22-19-11-14(2-1-13(19)10-17)21-23-8-6-20(26-21)25-16-3-4-18-15(9-16)12-24-27-18/h1-4,6,8-9,11-12,22H,5,7,10H2,(H,24,27)(H,23,25,26). The van der Waals surface area contributed by atoms with Crippen molar-refractivity contribution >= 4 is 33.9 Å². The van der Waals surface area contributed by atoms with Gasteiger partial charge in [0.15, 0.2) is 5.82 Å². The van der Waals surface area contributed by atoms with Gasteiger partial charge in [0.25, 0.3) is 0 Å². The number of hydrogen-bond acceptors (Lipinski definition) is 6. The third-order valence-electron chi connectivity index (χ3n) is 4.84. The van der Waals surface area contributed by atoms with Crippen LogP contribution in [0.15, 0.2) is 54.9 Å². The van der Waals surface area contributed by atoms with Crippen molar-refractivity contribution < 1.29 is 4.79 Å². The largest absolute Gasteiger partial charge is 0.384 e. The fourth-order valence-electron chi connectivity index (χ4n) is 3.41. The Morgan fingerprint density at radius 3 is 3.00 bits per heavy atom. The molecule has 0 spiro atoms. The molecule has 0 amide bonds. The number of carbonyl (C=O) groups excluding carboxylic acids is 1. The van der Waals surface area contributed by atoms with Gasteiger partial charge in [-0.3, -0.25) is 9.89 Å². The Hall–Kier alpha value is -3.74. The predicted molar refractivity (Wildman–Crippen MR) is 109 cm³/mol. The van der Waals surface area contributed by atoms with Crippen LogP contribution < -0.4 is 10.6 Å². The summed E-state index contributed by atoms with van der Waals surface area (Å²) in [4.78, 5) is 20.9. The van der Waals surface area contributed by atoms with Crippen molar-refractivity contribution in [3.63, 3.8) is 0 Å². The molecule has 1 aliphatic rings. The summed E-state index contributed by atoms with van der Waals surface area (Å²) in [6.07, 6.45) is 4.56. The van der Waals surface area contributed by atoms with Crippen LogP contribution in [0.2, 0.25) is 0 Å². The van der Waals surface area contributed by atoms with Crippen molar-refractivity contribution in [3.8, 4) is 11.4 Å². The van der Waals surface area contributed by atoms with Gasteiger partial charge in [0, 0.05) is 47.9 Å². The van der Waals surface area contributed by atoms with Crippen LogP contribution in [0.1, 0.15) is 12.0 Å². The zero-order valence-electron chi connectivity index (χ0n) is 15.1. The lowest BCUT2D eigenvalue weighted by Crippen LogP contribution is -2.03. The van der Waals surface area contributed by atoms with Crippen molar-refractivity contribution in [1.29, 1.82) is 0 Å². The molecule has 0 saturated heterocycles. The molecule has 0 aliphatic carbocycles. The first kappa shape index (κ1) is 16.4. The smallest absolute Gasteiger partial charge is 0.161 e. The first-order chi connectivity index (χ1) is 13.7. The van der Waals surface area contributed by atoms with E-state index in [9.17, 15) is 4.79 Å². The zero-order valence-corrected chi connectivity index (χ0v) is 15.1. The maximum atomic E-state index is 11.8. The minimum absolute atomic E-state index is 0.260. The first-order valence-corrected chi connectivity index (χ1v) is 9.17. The van der Waals surface area contributed by atoms with E-state index in [-0.39, 0.29) is 5.78 Å². The number of hydrogen-bond donors (Lipinski definition) is 3. The number of Topliss-reactive ketones (excluding diaryl/α,β-unsaturated/α-hetero) is 1. The highest BCUT2D eigenvalue weighted by Crippen LogP contribution is 2.27. The molecular formula is C21H18N6O. The molecule has 0 unspecified atom stereocenters. The van der Waals surface area contributed by atoms with Gasteiger partial charge < -0.3 is 10.6 Å². The molecule has 0 atom stereocenters. The van der Waals surface area contributed by atoms with E-state index in [0.717, 1.165) is 33.4 Å². The van der Waals surface area contributed by atoms with Crippen LogP contribution in [0.3, 0.4) is 0 Å². The Morgan fingerprint density at radius 1 is 1.07 bits per heavy atom. The molecule has 4 aromatic rings. The Kier molecular flexibility index (Phi) is 3.97. The van der Waals surface area contributed by atoms with E-state index in [2.05, 4.69) is 30.8 Å². The lowest BCUT2D eigenvalue weighted by molar-refractivity contribution is -0.118. The zero-order chi connectivity index (χ0) is 18.9. The number of benzene rings is 2. The van der Waals surface area contributed by atoms with E-state index >= 15 is 0 Å². The van der Waals surface area contributed by atoms with Crippen LogP contribution in [-0.4, -0.2) is 32.5 Å². The molecule has 7 heteroatoms. The Morgan fingerprint density at radius 2 is 2.04 bits per heavy atom. The molecule has 138 valence electrons. The molecule has 7 nitrogen and oxygen atoms in total. The Bertz CT molecular complexity index is 1180. The number of nitrogens with zero attached hydrogens (tertiary/aromatic N) is 3. The predicted octanol–water partition coefficient (Wildman–Crippen LogP) is 3.69. The third kappa shape index (κ3) is 3.18. The molecule has 0 radical (unpaired) electrons.